The van der Waals surface area contributed by atoms with Gasteiger partial charge in [0.2, 0.25) is 0 Å². The topological polar surface area (TPSA) is 50.4 Å². The van der Waals surface area contributed by atoms with Crippen LogP contribution < -0.4 is 15.4 Å². The second-order valence-electron chi connectivity index (χ2n) is 4.75. The quantitative estimate of drug-likeness (QED) is 0.892. The first-order valence-electron chi connectivity index (χ1n) is 6.38. The molecule has 0 bridgehead atoms. The van der Waals surface area contributed by atoms with Gasteiger partial charge >= 0.3 is 0 Å². The van der Waals surface area contributed by atoms with Crippen molar-refractivity contribution in [3.63, 3.8) is 0 Å². The average molecular weight is 285 g/mol. The zero-order valence-electron chi connectivity index (χ0n) is 11.3. The van der Waals surface area contributed by atoms with Crippen molar-refractivity contribution in [2.75, 3.05) is 13.7 Å². The summed E-state index contributed by atoms with van der Waals surface area (Å²) in [5.74, 6) is 0.573. The maximum absolute atomic E-state index is 12.2. The van der Waals surface area contributed by atoms with Gasteiger partial charge in [0.15, 0.2) is 0 Å². The van der Waals surface area contributed by atoms with Gasteiger partial charge in [-0.2, -0.15) is 0 Å². The zero-order chi connectivity index (χ0) is 13.0. The van der Waals surface area contributed by atoms with E-state index < -0.39 is 0 Å². The van der Waals surface area contributed by atoms with E-state index in [9.17, 15) is 4.79 Å². The molecule has 1 saturated heterocycles. The molecule has 1 aromatic carbocycles. The van der Waals surface area contributed by atoms with Crippen molar-refractivity contribution in [2.45, 2.75) is 31.8 Å². The Kier molecular flexibility index (Phi) is 6.12. The van der Waals surface area contributed by atoms with Crippen molar-refractivity contribution in [2.24, 2.45) is 0 Å². The molecule has 0 spiro atoms. The Morgan fingerprint density at radius 2 is 2.16 bits per heavy atom. The van der Waals surface area contributed by atoms with Crippen LogP contribution in [0.5, 0.6) is 5.75 Å². The van der Waals surface area contributed by atoms with E-state index in [1.165, 1.54) is 0 Å². The number of hydrogen-bond acceptors (Lipinski definition) is 3. The number of nitrogens with one attached hydrogen (secondary N) is 2. The van der Waals surface area contributed by atoms with E-state index in [1.54, 1.807) is 19.2 Å². The molecule has 1 aromatic rings. The number of methoxy groups -OCH3 is 1. The molecule has 0 aromatic heterocycles. The summed E-state index contributed by atoms with van der Waals surface area (Å²) in [6.07, 6.45) is 1.95. The lowest BCUT2D eigenvalue weighted by Gasteiger charge is -2.28. The zero-order valence-corrected chi connectivity index (χ0v) is 12.1. The number of halogens is 1. The molecule has 1 aliphatic rings. The summed E-state index contributed by atoms with van der Waals surface area (Å²) in [7, 11) is 1.58. The third-order valence-corrected chi connectivity index (χ3v) is 3.31. The van der Waals surface area contributed by atoms with Gasteiger partial charge in [0.05, 0.1) is 12.7 Å². The van der Waals surface area contributed by atoms with Crippen molar-refractivity contribution >= 4 is 18.3 Å². The fourth-order valence-electron chi connectivity index (χ4n) is 2.36. The maximum Gasteiger partial charge on any atom is 0.255 e. The van der Waals surface area contributed by atoms with Crippen LogP contribution in [-0.2, 0) is 0 Å². The number of piperidine rings is 1. The first-order chi connectivity index (χ1) is 8.70. The fourth-order valence-corrected chi connectivity index (χ4v) is 2.36. The molecule has 2 N–H and O–H groups in total. The van der Waals surface area contributed by atoms with Gasteiger partial charge in [0.25, 0.3) is 5.91 Å². The molecule has 19 heavy (non-hydrogen) atoms. The van der Waals surface area contributed by atoms with Gasteiger partial charge in [-0.15, -0.1) is 12.4 Å². The Balaban J connectivity index is 0.00000180. The number of hydrogen-bond donors (Lipinski definition) is 2. The fraction of sp³-hybridized carbons (Fsp3) is 0.500. The third kappa shape index (κ3) is 4.11. The molecule has 1 amide bonds. The Morgan fingerprint density at radius 3 is 2.84 bits per heavy atom. The minimum absolute atomic E-state index is 0. The van der Waals surface area contributed by atoms with Gasteiger partial charge in [-0.25, -0.2) is 0 Å². The van der Waals surface area contributed by atoms with Crippen molar-refractivity contribution in [3.05, 3.63) is 29.8 Å². The second kappa shape index (κ2) is 7.36. The van der Waals surface area contributed by atoms with Gasteiger partial charge in [-0.05, 0) is 38.4 Å². The monoisotopic (exact) mass is 284 g/mol. The molecule has 2 atom stereocenters. The molecule has 0 saturated carbocycles. The first-order valence-corrected chi connectivity index (χ1v) is 6.38. The largest absolute Gasteiger partial charge is 0.496 e. The van der Waals surface area contributed by atoms with Gasteiger partial charge in [0.1, 0.15) is 5.75 Å². The lowest BCUT2D eigenvalue weighted by molar-refractivity contribution is 0.0922. The highest BCUT2D eigenvalue weighted by atomic mass is 35.5. The van der Waals surface area contributed by atoms with E-state index >= 15 is 0 Å². The number of carbonyl (C=O) groups excluding carboxylic acids is 1. The highest BCUT2D eigenvalue weighted by Gasteiger charge is 2.21. The summed E-state index contributed by atoms with van der Waals surface area (Å²) < 4.78 is 5.20. The number of ether oxygens (including phenoxy) is 1. The highest BCUT2D eigenvalue weighted by molar-refractivity contribution is 5.97. The van der Waals surface area contributed by atoms with E-state index in [-0.39, 0.29) is 24.4 Å². The predicted octanol–water partition coefficient (Wildman–Crippen LogP) is 1.99. The van der Waals surface area contributed by atoms with Crippen molar-refractivity contribution < 1.29 is 9.53 Å². The Labute approximate surface area is 120 Å². The van der Waals surface area contributed by atoms with Crippen molar-refractivity contribution in [3.8, 4) is 5.75 Å². The molecule has 2 rings (SSSR count). The maximum atomic E-state index is 12.2. The van der Waals surface area contributed by atoms with E-state index in [0.717, 1.165) is 19.4 Å². The minimum Gasteiger partial charge on any atom is -0.496 e. The van der Waals surface area contributed by atoms with Gasteiger partial charge < -0.3 is 15.4 Å². The van der Waals surface area contributed by atoms with Crippen LogP contribution in [0, 0.1) is 0 Å². The summed E-state index contributed by atoms with van der Waals surface area (Å²) in [6, 6.07) is 8.02. The highest BCUT2D eigenvalue weighted by Crippen LogP contribution is 2.18. The number of amides is 1. The Hall–Kier alpha value is -1.26. The Morgan fingerprint density at radius 1 is 1.42 bits per heavy atom. The van der Waals surface area contributed by atoms with Crippen LogP contribution in [0.4, 0.5) is 0 Å². The summed E-state index contributed by atoms with van der Waals surface area (Å²) in [4.78, 5) is 12.2. The summed E-state index contributed by atoms with van der Waals surface area (Å²) in [5.41, 5.74) is 0.603. The summed E-state index contributed by atoms with van der Waals surface area (Å²) in [6.45, 7) is 3.10. The average Bonchev–Trinajstić information content (AvgIpc) is 2.38. The van der Waals surface area contributed by atoms with Crippen LogP contribution in [0.15, 0.2) is 24.3 Å². The molecule has 1 heterocycles. The molecule has 5 heteroatoms. The smallest absolute Gasteiger partial charge is 0.255 e. The van der Waals surface area contributed by atoms with E-state index in [1.807, 2.05) is 12.1 Å². The normalized spacial score (nSPS) is 22.2. The lowest BCUT2D eigenvalue weighted by atomic mass is 10.00. The molecule has 0 aliphatic carbocycles. The minimum atomic E-state index is -0.0495. The van der Waals surface area contributed by atoms with E-state index in [2.05, 4.69) is 17.6 Å². The molecule has 106 valence electrons. The number of rotatable bonds is 3. The van der Waals surface area contributed by atoms with Gasteiger partial charge in [-0.3, -0.25) is 4.79 Å². The van der Waals surface area contributed by atoms with Crippen LogP contribution >= 0.6 is 12.4 Å². The van der Waals surface area contributed by atoms with Crippen LogP contribution in [-0.4, -0.2) is 31.6 Å². The van der Waals surface area contributed by atoms with Crippen LogP contribution in [0.1, 0.15) is 30.1 Å². The molecule has 0 radical (unpaired) electrons. The number of benzene rings is 1. The molecule has 1 fully saturated rings. The van der Waals surface area contributed by atoms with Crippen LogP contribution in [0.25, 0.3) is 0 Å². The number of para-hydroxylation sites is 1. The SMILES string of the molecule is COc1ccccc1C(=O)NC1CCNC(C)C1.Cl. The summed E-state index contributed by atoms with van der Waals surface area (Å²) in [5, 5.41) is 6.45. The molecular weight excluding hydrogens is 264 g/mol. The second-order valence-corrected chi connectivity index (χ2v) is 4.75. The first kappa shape index (κ1) is 15.8. The standard InChI is InChI=1S/C14H20N2O2.ClH/c1-10-9-11(7-8-15-10)16-14(17)12-5-3-4-6-13(12)18-2;/h3-6,10-11,15H,7-9H2,1-2H3,(H,16,17);1H. The summed E-state index contributed by atoms with van der Waals surface area (Å²) >= 11 is 0. The lowest BCUT2D eigenvalue weighted by Crippen LogP contribution is -2.46. The van der Waals surface area contributed by atoms with Gasteiger partial charge in [0, 0.05) is 12.1 Å². The third-order valence-electron chi connectivity index (χ3n) is 3.31. The Bertz CT molecular complexity index is 426. The van der Waals surface area contributed by atoms with Gasteiger partial charge in [-0.1, -0.05) is 12.1 Å². The number of carbonyl (C=O) groups is 1. The predicted molar refractivity (Wildman–Crippen MR) is 78.2 cm³/mol. The molecule has 1 aliphatic heterocycles. The van der Waals surface area contributed by atoms with E-state index in [4.69, 9.17) is 4.74 Å². The van der Waals surface area contributed by atoms with Crippen molar-refractivity contribution in [1.29, 1.82) is 0 Å². The van der Waals surface area contributed by atoms with Crippen LogP contribution in [0.2, 0.25) is 0 Å². The van der Waals surface area contributed by atoms with E-state index in [0.29, 0.717) is 17.4 Å². The molecule has 4 nitrogen and oxygen atoms in total. The molecular formula is C14H21ClN2O2. The van der Waals surface area contributed by atoms with Crippen LogP contribution in [0.3, 0.4) is 0 Å². The molecule has 2 unspecified atom stereocenters. The van der Waals surface area contributed by atoms with Crippen molar-refractivity contribution in [1.82, 2.24) is 10.6 Å².